The number of allylic oxidation sites excluding steroid dienone is 1. The number of aromatic nitrogens is 1. The van der Waals surface area contributed by atoms with Crippen molar-refractivity contribution in [2.45, 2.75) is 96.0 Å². The number of hydrogen-bond acceptors (Lipinski definition) is 9. The Labute approximate surface area is 319 Å². The van der Waals surface area contributed by atoms with Gasteiger partial charge in [-0.25, -0.2) is 18.1 Å². The molecule has 0 saturated heterocycles. The Hall–Kier alpha value is -3.38. The molecule has 3 aromatic rings. The Bertz CT molecular complexity index is 1950. The van der Waals surface area contributed by atoms with Gasteiger partial charge in [-0.05, 0) is 98.7 Å². The van der Waals surface area contributed by atoms with Crippen LogP contribution in [0.1, 0.15) is 92.2 Å². The summed E-state index contributed by atoms with van der Waals surface area (Å²) in [5.41, 5.74) is 2.95. The molecule has 2 bridgehead atoms. The summed E-state index contributed by atoms with van der Waals surface area (Å²) in [6, 6.07) is 11.4. The number of methoxy groups -OCH3 is 2. The minimum absolute atomic E-state index is 0.0998. The highest BCUT2D eigenvalue weighted by Crippen LogP contribution is 2.49. The highest BCUT2D eigenvalue weighted by molar-refractivity contribution is 7.90. The molecule has 12 heteroatoms. The molecule has 0 spiro atoms. The van der Waals surface area contributed by atoms with Crippen LogP contribution in [0.15, 0.2) is 53.0 Å². The van der Waals surface area contributed by atoms with E-state index in [0.717, 1.165) is 37.1 Å². The number of ether oxygens (including phenoxy) is 3. The number of fused-ring (bicyclic) bond motifs is 2. The molecule has 0 unspecified atom stereocenters. The summed E-state index contributed by atoms with van der Waals surface area (Å²) in [5, 5.41) is -0.128. The maximum absolute atomic E-state index is 13.6. The number of oxazole rings is 1. The standard InChI is InChI=1S/C41H54ClN3O7S/c1-8-10-29-19-32(42)14-16-33(29)40(5)24-45-22-31-12-15-34(31)41(50-7,21-38-43-35(23-49-6)27(3)52-38)18-9-11-26(2)28(4)53(47,48)44-39(46)30-13-17-37(51-25-40)36(45)20-30/h9,13-14,16-20,26,28,31,34H,8,10-12,15,21-25H2,1-7H3,(H,44,46)/b18-9+/t26-,28+,31-,34+,40-,41+/m0/s1. The van der Waals surface area contributed by atoms with E-state index in [9.17, 15) is 13.2 Å². The Morgan fingerprint density at radius 1 is 1.13 bits per heavy atom. The van der Waals surface area contributed by atoms with E-state index >= 15 is 0 Å². The van der Waals surface area contributed by atoms with E-state index in [4.69, 9.17) is 35.2 Å². The van der Waals surface area contributed by atoms with Gasteiger partial charge in [0.15, 0.2) is 5.89 Å². The zero-order valence-corrected chi connectivity index (χ0v) is 33.6. The van der Waals surface area contributed by atoms with Crippen LogP contribution < -0.4 is 14.4 Å². The largest absolute Gasteiger partial charge is 0.490 e. The van der Waals surface area contributed by atoms with Gasteiger partial charge in [0, 0.05) is 43.3 Å². The lowest BCUT2D eigenvalue weighted by Gasteiger charge is -2.50. The van der Waals surface area contributed by atoms with Crippen LogP contribution in [0.25, 0.3) is 0 Å². The number of amides is 1. The summed E-state index contributed by atoms with van der Waals surface area (Å²) >= 11 is 6.52. The second-order valence-corrected chi connectivity index (χ2v) is 18.1. The topological polar surface area (TPSA) is 120 Å². The minimum atomic E-state index is -4.00. The van der Waals surface area contributed by atoms with Crippen LogP contribution in [0.2, 0.25) is 5.02 Å². The van der Waals surface area contributed by atoms with Crippen LogP contribution in [0, 0.1) is 24.7 Å². The van der Waals surface area contributed by atoms with Crippen molar-refractivity contribution in [2.75, 3.05) is 38.8 Å². The van der Waals surface area contributed by atoms with Gasteiger partial charge in [-0.2, -0.15) is 0 Å². The molecule has 1 N–H and O–H groups in total. The molecule has 10 nitrogen and oxygen atoms in total. The normalized spacial score (nSPS) is 29.3. The summed E-state index contributed by atoms with van der Waals surface area (Å²) in [7, 11) is -0.624. The van der Waals surface area contributed by atoms with E-state index in [1.807, 2.05) is 26.0 Å². The highest BCUT2D eigenvalue weighted by atomic mass is 35.5. The number of benzene rings is 2. The minimum Gasteiger partial charge on any atom is -0.490 e. The van der Waals surface area contributed by atoms with Gasteiger partial charge in [0.25, 0.3) is 5.91 Å². The molecule has 1 aromatic heterocycles. The van der Waals surface area contributed by atoms with E-state index < -0.39 is 32.2 Å². The van der Waals surface area contributed by atoms with E-state index in [1.165, 1.54) is 11.1 Å². The Morgan fingerprint density at radius 2 is 1.92 bits per heavy atom. The summed E-state index contributed by atoms with van der Waals surface area (Å²) in [5.74, 6) is 1.31. The molecule has 6 rings (SSSR count). The molecule has 2 aliphatic heterocycles. The summed E-state index contributed by atoms with van der Waals surface area (Å²) in [6.07, 6.45) is 8.79. The van der Waals surface area contributed by atoms with Crippen LogP contribution in [0.5, 0.6) is 5.75 Å². The second-order valence-electron chi connectivity index (χ2n) is 15.6. The molecule has 1 saturated carbocycles. The fourth-order valence-corrected chi connectivity index (χ4v) is 9.90. The molecule has 288 valence electrons. The van der Waals surface area contributed by atoms with Crippen LogP contribution in [0.3, 0.4) is 0 Å². The van der Waals surface area contributed by atoms with Gasteiger partial charge < -0.3 is 23.5 Å². The number of carbonyl (C=O) groups is 1. The van der Waals surface area contributed by atoms with Gasteiger partial charge in [0.1, 0.15) is 17.2 Å². The van der Waals surface area contributed by atoms with Crippen molar-refractivity contribution >= 4 is 33.2 Å². The molecule has 3 heterocycles. The fraction of sp³-hybridized carbons (Fsp3) is 0.561. The summed E-state index contributed by atoms with van der Waals surface area (Å²) < 4.78 is 54.2. The van der Waals surface area contributed by atoms with Crippen molar-refractivity contribution in [1.29, 1.82) is 0 Å². The van der Waals surface area contributed by atoms with Crippen LogP contribution in [0.4, 0.5) is 5.69 Å². The molecule has 2 aromatic carbocycles. The molecular weight excluding hydrogens is 714 g/mol. The number of anilines is 1. The predicted molar refractivity (Wildman–Crippen MR) is 207 cm³/mol. The lowest BCUT2D eigenvalue weighted by molar-refractivity contribution is -0.0776. The number of sulfonamides is 1. The number of nitrogens with zero attached hydrogens (tertiary/aromatic N) is 2. The molecule has 0 radical (unpaired) electrons. The van der Waals surface area contributed by atoms with Crippen molar-refractivity contribution in [3.8, 4) is 5.75 Å². The third-order valence-electron chi connectivity index (χ3n) is 11.8. The molecule has 3 aliphatic rings. The number of aryl methyl sites for hydroxylation is 2. The lowest BCUT2D eigenvalue weighted by Crippen LogP contribution is -2.53. The predicted octanol–water partition coefficient (Wildman–Crippen LogP) is 7.59. The number of nitrogens with one attached hydrogen (secondary N) is 1. The Kier molecular flexibility index (Phi) is 11.7. The fourth-order valence-electron chi connectivity index (χ4n) is 8.42. The average molecular weight is 768 g/mol. The first-order chi connectivity index (χ1) is 25.2. The van der Waals surface area contributed by atoms with Crippen LogP contribution in [-0.4, -0.2) is 64.1 Å². The number of hydrogen-bond donors (Lipinski definition) is 1. The molecule has 1 aliphatic carbocycles. The van der Waals surface area contributed by atoms with Gasteiger partial charge >= 0.3 is 0 Å². The first kappa shape index (κ1) is 39.3. The van der Waals surface area contributed by atoms with Gasteiger partial charge in [-0.1, -0.05) is 57.0 Å². The van der Waals surface area contributed by atoms with E-state index in [0.29, 0.717) is 61.6 Å². The maximum Gasteiger partial charge on any atom is 0.264 e. The first-order valence-electron chi connectivity index (χ1n) is 18.8. The van der Waals surface area contributed by atoms with Crippen molar-refractivity contribution in [1.82, 2.24) is 9.71 Å². The van der Waals surface area contributed by atoms with Gasteiger partial charge in [0.05, 0.1) is 36.2 Å². The monoisotopic (exact) mass is 767 g/mol. The third-order valence-corrected chi connectivity index (χ3v) is 14.0. The Balaban J connectivity index is 1.46. The SMILES string of the molecule is CCCc1cc(Cl)ccc1[C@]1(C)COc2ccc3cc2N(C[C@@H]2CC[C@H]2[C@@](Cc2nc(COC)c(C)o2)(OC)/C=C/C[C@H](C)[C@@H](C)S(=O)(=O)NC3=O)C1. The molecule has 53 heavy (non-hydrogen) atoms. The number of carbonyl (C=O) groups excluding carboxylic acids is 1. The zero-order valence-electron chi connectivity index (χ0n) is 32.0. The quantitative estimate of drug-likeness (QED) is 0.231. The maximum atomic E-state index is 13.6. The second kappa shape index (κ2) is 15.8. The molecule has 1 amide bonds. The van der Waals surface area contributed by atoms with Gasteiger partial charge in [0.2, 0.25) is 10.0 Å². The number of halogens is 1. The van der Waals surface area contributed by atoms with Crippen LogP contribution in [-0.2, 0) is 44.4 Å². The molecule has 1 fully saturated rings. The van der Waals surface area contributed by atoms with Crippen molar-refractivity contribution in [3.05, 3.63) is 87.6 Å². The van der Waals surface area contributed by atoms with Crippen LogP contribution >= 0.6 is 11.6 Å². The Morgan fingerprint density at radius 3 is 2.62 bits per heavy atom. The summed E-state index contributed by atoms with van der Waals surface area (Å²) in [6.45, 7) is 11.9. The average Bonchev–Trinajstić information content (AvgIpc) is 3.37. The first-order valence-corrected chi connectivity index (χ1v) is 20.7. The van der Waals surface area contributed by atoms with Gasteiger partial charge in [-0.3, -0.25) is 4.79 Å². The molecule has 6 atom stereocenters. The third kappa shape index (κ3) is 8.04. The highest BCUT2D eigenvalue weighted by Gasteiger charge is 2.49. The number of rotatable bonds is 8. The summed E-state index contributed by atoms with van der Waals surface area (Å²) in [4.78, 5) is 20.8. The van der Waals surface area contributed by atoms with Gasteiger partial charge in [-0.15, -0.1) is 0 Å². The zero-order chi connectivity index (χ0) is 38.1. The van der Waals surface area contributed by atoms with E-state index in [-0.39, 0.29) is 23.3 Å². The van der Waals surface area contributed by atoms with Crippen molar-refractivity contribution < 1.29 is 31.8 Å². The van der Waals surface area contributed by atoms with E-state index in [2.05, 4.69) is 41.7 Å². The smallest absolute Gasteiger partial charge is 0.264 e. The lowest BCUT2D eigenvalue weighted by atomic mass is 9.63. The van der Waals surface area contributed by atoms with Crippen molar-refractivity contribution in [3.63, 3.8) is 0 Å². The van der Waals surface area contributed by atoms with Crippen molar-refractivity contribution in [2.24, 2.45) is 17.8 Å². The molecular formula is C41H54ClN3O7S. The van der Waals surface area contributed by atoms with E-state index in [1.54, 1.807) is 39.3 Å².